The summed E-state index contributed by atoms with van der Waals surface area (Å²) in [5.74, 6) is 1.36. The fourth-order valence-electron chi connectivity index (χ4n) is 3.08. The second kappa shape index (κ2) is 6.54. The first-order chi connectivity index (χ1) is 10.7. The Morgan fingerprint density at radius 1 is 1.32 bits per heavy atom. The minimum absolute atomic E-state index is 0.215. The summed E-state index contributed by atoms with van der Waals surface area (Å²) in [5.41, 5.74) is 2.91. The van der Waals surface area contributed by atoms with E-state index in [-0.39, 0.29) is 6.61 Å². The third-order valence-corrected chi connectivity index (χ3v) is 4.48. The van der Waals surface area contributed by atoms with Crippen LogP contribution in [0.5, 0.6) is 0 Å². The van der Waals surface area contributed by atoms with Crippen LogP contribution in [0.3, 0.4) is 0 Å². The quantitative estimate of drug-likeness (QED) is 0.923. The Labute approximate surface area is 130 Å². The highest BCUT2D eigenvalue weighted by atomic mass is 16.3. The molecule has 1 aliphatic heterocycles. The van der Waals surface area contributed by atoms with Gasteiger partial charge in [0.2, 0.25) is 0 Å². The molecule has 0 radical (unpaired) electrons. The number of aliphatic hydroxyl groups is 1. The lowest BCUT2D eigenvalue weighted by Gasteiger charge is -2.31. The summed E-state index contributed by atoms with van der Waals surface area (Å²) < 4.78 is 2.03. The fraction of sp³-hybridized carbons (Fsp3) is 0.562. The molecule has 3 heterocycles. The number of β-amino-alcohol motifs (C(OH)–C–C–N with tert-alkyl or cyclic N) is 1. The first-order valence-electron chi connectivity index (χ1n) is 7.83. The second-order valence-corrected chi connectivity index (χ2v) is 5.94. The van der Waals surface area contributed by atoms with Crippen molar-refractivity contribution in [1.29, 1.82) is 0 Å². The number of piperidine rings is 1. The SMILES string of the molecule is Cc1ncc(-c2cncc([C@@H]3CCCN(CCO)C3)n2)n1C. The van der Waals surface area contributed by atoms with Crippen molar-refractivity contribution in [2.75, 3.05) is 26.2 Å². The lowest BCUT2D eigenvalue weighted by molar-refractivity contribution is 0.160. The van der Waals surface area contributed by atoms with Crippen LogP contribution in [-0.2, 0) is 7.05 Å². The molecular weight excluding hydrogens is 278 g/mol. The molecule has 6 heteroatoms. The number of hydrogen-bond donors (Lipinski definition) is 1. The Kier molecular flexibility index (Phi) is 4.49. The number of likely N-dealkylation sites (tertiary alicyclic amines) is 1. The van der Waals surface area contributed by atoms with E-state index in [1.807, 2.05) is 30.9 Å². The Morgan fingerprint density at radius 2 is 2.18 bits per heavy atom. The second-order valence-electron chi connectivity index (χ2n) is 5.94. The van der Waals surface area contributed by atoms with Crippen LogP contribution in [0.1, 0.15) is 30.3 Å². The van der Waals surface area contributed by atoms with E-state index in [9.17, 15) is 0 Å². The van der Waals surface area contributed by atoms with Crippen molar-refractivity contribution in [2.24, 2.45) is 7.05 Å². The third kappa shape index (κ3) is 3.03. The van der Waals surface area contributed by atoms with Gasteiger partial charge in [0.05, 0.1) is 30.4 Å². The van der Waals surface area contributed by atoms with E-state index >= 15 is 0 Å². The first kappa shape index (κ1) is 15.1. The van der Waals surface area contributed by atoms with Gasteiger partial charge in [-0.15, -0.1) is 0 Å². The van der Waals surface area contributed by atoms with Crippen LogP contribution < -0.4 is 0 Å². The van der Waals surface area contributed by atoms with Gasteiger partial charge in [-0.1, -0.05) is 0 Å². The summed E-state index contributed by atoms with van der Waals surface area (Å²) in [6.07, 6.45) is 7.79. The molecule has 0 aromatic carbocycles. The zero-order valence-electron chi connectivity index (χ0n) is 13.2. The van der Waals surface area contributed by atoms with E-state index in [0.29, 0.717) is 5.92 Å². The maximum absolute atomic E-state index is 9.12. The van der Waals surface area contributed by atoms with Gasteiger partial charge in [-0.05, 0) is 26.3 Å². The summed E-state index contributed by atoms with van der Waals surface area (Å²) in [7, 11) is 2.00. The Morgan fingerprint density at radius 3 is 2.91 bits per heavy atom. The van der Waals surface area contributed by atoms with Crippen LogP contribution in [0.15, 0.2) is 18.6 Å². The molecule has 1 fully saturated rings. The summed E-state index contributed by atoms with van der Waals surface area (Å²) in [6, 6.07) is 0. The maximum Gasteiger partial charge on any atom is 0.107 e. The van der Waals surface area contributed by atoms with Gasteiger partial charge < -0.3 is 14.6 Å². The van der Waals surface area contributed by atoms with Crippen LogP contribution in [-0.4, -0.2) is 55.8 Å². The summed E-state index contributed by atoms with van der Waals surface area (Å²) in [4.78, 5) is 15.8. The van der Waals surface area contributed by atoms with Gasteiger partial charge in [0.15, 0.2) is 0 Å². The molecule has 3 rings (SSSR count). The van der Waals surface area contributed by atoms with Crippen molar-refractivity contribution in [3.05, 3.63) is 30.1 Å². The van der Waals surface area contributed by atoms with E-state index in [1.54, 1.807) is 6.20 Å². The van der Waals surface area contributed by atoms with Crippen molar-refractivity contribution in [2.45, 2.75) is 25.7 Å². The molecule has 0 spiro atoms. The van der Waals surface area contributed by atoms with Crippen LogP contribution >= 0.6 is 0 Å². The highest BCUT2D eigenvalue weighted by Crippen LogP contribution is 2.26. The molecule has 0 bridgehead atoms. The first-order valence-corrected chi connectivity index (χ1v) is 7.83. The molecule has 22 heavy (non-hydrogen) atoms. The average Bonchev–Trinajstić information content (AvgIpc) is 2.88. The number of nitrogens with zero attached hydrogens (tertiary/aromatic N) is 5. The summed E-state index contributed by atoms with van der Waals surface area (Å²) in [6.45, 7) is 4.94. The lowest BCUT2D eigenvalue weighted by atomic mass is 9.95. The molecule has 1 aliphatic rings. The molecule has 1 saturated heterocycles. The van der Waals surface area contributed by atoms with Gasteiger partial charge in [0.1, 0.15) is 11.5 Å². The summed E-state index contributed by atoms with van der Waals surface area (Å²) in [5, 5.41) is 9.12. The molecule has 2 aromatic heterocycles. The molecule has 6 nitrogen and oxygen atoms in total. The van der Waals surface area contributed by atoms with Gasteiger partial charge in [-0.2, -0.15) is 0 Å². The molecule has 118 valence electrons. The molecule has 0 unspecified atom stereocenters. The molecular formula is C16H23N5O. The van der Waals surface area contributed by atoms with Crippen molar-refractivity contribution in [3.8, 4) is 11.4 Å². The predicted octanol–water partition coefficient (Wildman–Crippen LogP) is 1.36. The van der Waals surface area contributed by atoms with Crippen molar-refractivity contribution >= 4 is 0 Å². The van der Waals surface area contributed by atoms with E-state index in [1.165, 1.54) is 0 Å². The predicted molar refractivity (Wildman–Crippen MR) is 84.5 cm³/mol. The summed E-state index contributed by atoms with van der Waals surface area (Å²) >= 11 is 0. The highest BCUT2D eigenvalue weighted by Gasteiger charge is 2.22. The number of imidazole rings is 1. The fourth-order valence-corrected chi connectivity index (χ4v) is 3.08. The largest absolute Gasteiger partial charge is 0.395 e. The topological polar surface area (TPSA) is 67.1 Å². The van der Waals surface area contributed by atoms with Crippen LogP contribution in [0.2, 0.25) is 0 Å². The standard InChI is InChI=1S/C16H23N5O/c1-12-18-10-16(20(12)2)15-9-17-8-14(19-15)13-4-3-5-21(11-13)6-7-22/h8-10,13,22H,3-7,11H2,1-2H3/t13-/m1/s1. The number of aliphatic hydroxyl groups excluding tert-OH is 1. The molecule has 0 aliphatic carbocycles. The Hall–Kier alpha value is -1.79. The number of rotatable bonds is 4. The molecule has 1 atom stereocenters. The Balaban J connectivity index is 1.83. The van der Waals surface area contributed by atoms with Gasteiger partial charge in [-0.25, -0.2) is 9.97 Å². The molecule has 0 saturated carbocycles. The zero-order chi connectivity index (χ0) is 15.5. The van der Waals surface area contributed by atoms with Gasteiger partial charge >= 0.3 is 0 Å². The number of aromatic nitrogens is 4. The lowest BCUT2D eigenvalue weighted by Crippen LogP contribution is -2.36. The molecule has 0 amide bonds. The van der Waals surface area contributed by atoms with Crippen molar-refractivity contribution in [1.82, 2.24) is 24.4 Å². The van der Waals surface area contributed by atoms with Gasteiger partial charge in [0, 0.05) is 32.3 Å². The minimum Gasteiger partial charge on any atom is -0.395 e. The van der Waals surface area contributed by atoms with E-state index in [0.717, 1.165) is 55.4 Å². The van der Waals surface area contributed by atoms with Crippen LogP contribution in [0.25, 0.3) is 11.4 Å². The van der Waals surface area contributed by atoms with E-state index in [4.69, 9.17) is 10.1 Å². The Bertz CT molecular complexity index is 637. The number of hydrogen-bond acceptors (Lipinski definition) is 5. The molecule has 2 aromatic rings. The molecule has 1 N–H and O–H groups in total. The smallest absolute Gasteiger partial charge is 0.107 e. The van der Waals surface area contributed by atoms with E-state index < -0.39 is 0 Å². The maximum atomic E-state index is 9.12. The van der Waals surface area contributed by atoms with Crippen LogP contribution in [0.4, 0.5) is 0 Å². The number of aryl methyl sites for hydroxylation is 1. The van der Waals surface area contributed by atoms with Crippen molar-refractivity contribution < 1.29 is 5.11 Å². The monoisotopic (exact) mass is 301 g/mol. The zero-order valence-corrected chi connectivity index (χ0v) is 13.2. The van der Waals surface area contributed by atoms with Crippen LogP contribution in [0, 0.1) is 6.92 Å². The van der Waals surface area contributed by atoms with Gasteiger partial charge in [0.25, 0.3) is 0 Å². The van der Waals surface area contributed by atoms with Gasteiger partial charge in [-0.3, -0.25) is 4.98 Å². The highest BCUT2D eigenvalue weighted by molar-refractivity contribution is 5.53. The average molecular weight is 301 g/mol. The van der Waals surface area contributed by atoms with E-state index in [2.05, 4.69) is 14.9 Å². The normalized spacial score (nSPS) is 19.5. The minimum atomic E-state index is 0.215. The third-order valence-electron chi connectivity index (χ3n) is 4.48. The van der Waals surface area contributed by atoms with Crippen molar-refractivity contribution in [3.63, 3.8) is 0 Å².